The second-order valence-corrected chi connectivity index (χ2v) is 4.74. The molecule has 0 aromatic carbocycles. The molecule has 18 heavy (non-hydrogen) atoms. The highest BCUT2D eigenvalue weighted by molar-refractivity contribution is 5.49. The van der Waals surface area contributed by atoms with Crippen LogP contribution < -0.4 is 10.1 Å². The molecule has 100 valence electrons. The summed E-state index contributed by atoms with van der Waals surface area (Å²) in [4.78, 5) is 6.83. The Morgan fingerprint density at radius 2 is 2.06 bits per heavy atom. The van der Waals surface area contributed by atoms with E-state index in [0.717, 1.165) is 24.7 Å². The van der Waals surface area contributed by atoms with Gasteiger partial charge in [0.05, 0.1) is 7.11 Å². The van der Waals surface area contributed by atoms with Crippen molar-refractivity contribution in [2.75, 3.05) is 38.6 Å². The van der Waals surface area contributed by atoms with Crippen LogP contribution in [0.1, 0.15) is 25.7 Å². The zero-order valence-corrected chi connectivity index (χ0v) is 11.2. The number of anilines is 1. The smallest absolute Gasteiger partial charge is 0.168 e. The van der Waals surface area contributed by atoms with Gasteiger partial charge in [0.2, 0.25) is 0 Å². The van der Waals surface area contributed by atoms with E-state index in [1.807, 2.05) is 12.1 Å². The average molecular weight is 249 g/mol. The molecule has 0 radical (unpaired) electrons. The number of rotatable bonds is 5. The highest BCUT2D eigenvalue weighted by atomic mass is 16.5. The van der Waals surface area contributed by atoms with E-state index in [4.69, 9.17) is 4.74 Å². The number of hydrogen-bond donors (Lipinski definition) is 1. The molecule has 1 N–H and O–H groups in total. The first kappa shape index (κ1) is 13.1. The molecule has 0 unspecified atom stereocenters. The van der Waals surface area contributed by atoms with Gasteiger partial charge in [0.25, 0.3) is 0 Å². The number of methoxy groups -OCH3 is 1. The van der Waals surface area contributed by atoms with Gasteiger partial charge >= 0.3 is 0 Å². The predicted octanol–water partition coefficient (Wildman–Crippen LogP) is 2.38. The molecule has 1 aliphatic heterocycles. The largest absolute Gasteiger partial charge is 0.493 e. The minimum absolute atomic E-state index is 0.813. The molecule has 0 aliphatic carbocycles. The molecular weight excluding hydrogens is 226 g/mol. The molecular formula is C14H23N3O. The summed E-state index contributed by atoms with van der Waals surface area (Å²) < 4.78 is 5.27. The van der Waals surface area contributed by atoms with Gasteiger partial charge in [0.15, 0.2) is 11.6 Å². The molecule has 4 nitrogen and oxygen atoms in total. The molecule has 0 atom stereocenters. The van der Waals surface area contributed by atoms with Crippen LogP contribution in [-0.4, -0.2) is 43.2 Å². The Kier molecular flexibility index (Phi) is 5.27. The first-order chi connectivity index (χ1) is 8.90. The minimum atomic E-state index is 0.813. The van der Waals surface area contributed by atoms with E-state index in [1.54, 1.807) is 13.3 Å². The summed E-state index contributed by atoms with van der Waals surface area (Å²) >= 11 is 0. The van der Waals surface area contributed by atoms with Crippen LogP contribution in [0.3, 0.4) is 0 Å². The maximum atomic E-state index is 5.27. The molecule has 1 aromatic rings. The molecule has 1 fully saturated rings. The second kappa shape index (κ2) is 7.21. The van der Waals surface area contributed by atoms with Crippen LogP contribution in [0.5, 0.6) is 5.75 Å². The number of aromatic nitrogens is 1. The van der Waals surface area contributed by atoms with Crippen LogP contribution in [-0.2, 0) is 0 Å². The van der Waals surface area contributed by atoms with Crippen molar-refractivity contribution in [3.63, 3.8) is 0 Å². The van der Waals surface area contributed by atoms with E-state index < -0.39 is 0 Å². The number of nitrogens with zero attached hydrogens (tertiary/aromatic N) is 2. The Morgan fingerprint density at radius 1 is 1.28 bits per heavy atom. The van der Waals surface area contributed by atoms with Crippen LogP contribution in [0, 0.1) is 0 Å². The van der Waals surface area contributed by atoms with Gasteiger partial charge in [-0.05, 0) is 38.1 Å². The van der Waals surface area contributed by atoms with Gasteiger partial charge in [-0.3, -0.25) is 0 Å². The molecule has 1 aromatic heterocycles. The lowest BCUT2D eigenvalue weighted by molar-refractivity contribution is 0.296. The van der Waals surface area contributed by atoms with Crippen LogP contribution in [0.25, 0.3) is 0 Å². The molecule has 0 bridgehead atoms. The van der Waals surface area contributed by atoms with Gasteiger partial charge in [-0.15, -0.1) is 0 Å². The van der Waals surface area contributed by atoms with Crippen LogP contribution in [0.2, 0.25) is 0 Å². The molecule has 1 aliphatic rings. The van der Waals surface area contributed by atoms with Gasteiger partial charge in [-0.1, -0.05) is 12.8 Å². The Labute approximate surface area is 109 Å². The maximum absolute atomic E-state index is 5.27. The molecule has 1 saturated heterocycles. The zero-order valence-electron chi connectivity index (χ0n) is 11.2. The Morgan fingerprint density at radius 3 is 2.78 bits per heavy atom. The van der Waals surface area contributed by atoms with Crippen molar-refractivity contribution in [3.8, 4) is 5.75 Å². The van der Waals surface area contributed by atoms with E-state index in [1.165, 1.54) is 38.8 Å². The third-order valence-corrected chi connectivity index (χ3v) is 3.41. The Balaban J connectivity index is 1.77. The van der Waals surface area contributed by atoms with Crippen molar-refractivity contribution in [3.05, 3.63) is 18.3 Å². The van der Waals surface area contributed by atoms with Crippen molar-refractivity contribution >= 4 is 5.82 Å². The van der Waals surface area contributed by atoms with Crippen LogP contribution in [0.15, 0.2) is 18.3 Å². The molecule has 2 rings (SSSR count). The monoisotopic (exact) mass is 249 g/mol. The van der Waals surface area contributed by atoms with Crippen molar-refractivity contribution in [2.45, 2.75) is 25.7 Å². The van der Waals surface area contributed by atoms with Crippen molar-refractivity contribution < 1.29 is 4.74 Å². The highest BCUT2D eigenvalue weighted by Crippen LogP contribution is 2.19. The summed E-state index contributed by atoms with van der Waals surface area (Å²) in [5.74, 6) is 1.66. The molecule has 2 heterocycles. The summed E-state index contributed by atoms with van der Waals surface area (Å²) in [6, 6.07) is 3.82. The SMILES string of the molecule is COc1cccnc1NCCN1CCCCCC1. The Hall–Kier alpha value is -1.29. The quantitative estimate of drug-likeness (QED) is 0.869. The van der Waals surface area contributed by atoms with Crippen molar-refractivity contribution in [2.24, 2.45) is 0 Å². The molecule has 4 heteroatoms. The average Bonchev–Trinajstić information content (AvgIpc) is 2.68. The second-order valence-electron chi connectivity index (χ2n) is 4.74. The number of ether oxygens (including phenoxy) is 1. The Bertz CT molecular complexity index is 349. The van der Waals surface area contributed by atoms with E-state index >= 15 is 0 Å². The van der Waals surface area contributed by atoms with Crippen molar-refractivity contribution in [1.82, 2.24) is 9.88 Å². The summed E-state index contributed by atoms with van der Waals surface area (Å²) in [6.45, 7) is 4.48. The highest BCUT2D eigenvalue weighted by Gasteiger charge is 2.09. The summed E-state index contributed by atoms with van der Waals surface area (Å²) in [5.41, 5.74) is 0. The number of pyridine rings is 1. The van der Waals surface area contributed by atoms with Crippen molar-refractivity contribution in [1.29, 1.82) is 0 Å². The van der Waals surface area contributed by atoms with Gasteiger partial charge < -0.3 is 15.0 Å². The molecule has 0 spiro atoms. The number of nitrogens with one attached hydrogen (secondary N) is 1. The van der Waals surface area contributed by atoms with Crippen LogP contribution in [0.4, 0.5) is 5.82 Å². The molecule has 0 amide bonds. The lowest BCUT2D eigenvalue weighted by Gasteiger charge is -2.20. The van der Waals surface area contributed by atoms with Crippen LogP contribution >= 0.6 is 0 Å². The number of hydrogen-bond acceptors (Lipinski definition) is 4. The predicted molar refractivity (Wildman–Crippen MR) is 74.2 cm³/mol. The maximum Gasteiger partial charge on any atom is 0.168 e. The minimum Gasteiger partial charge on any atom is -0.493 e. The fourth-order valence-corrected chi connectivity index (χ4v) is 2.38. The van der Waals surface area contributed by atoms with Gasteiger partial charge in [-0.2, -0.15) is 0 Å². The third kappa shape index (κ3) is 3.88. The van der Waals surface area contributed by atoms with E-state index in [-0.39, 0.29) is 0 Å². The summed E-state index contributed by atoms with van der Waals surface area (Å²) in [5, 5.41) is 3.35. The summed E-state index contributed by atoms with van der Waals surface area (Å²) in [7, 11) is 1.68. The lowest BCUT2D eigenvalue weighted by atomic mass is 10.2. The third-order valence-electron chi connectivity index (χ3n) is 3.41. The standard InChI is InChI=1S/C14H23N3O/c1-18-13-7-6-8-15-14(13)16-9-12-17-10-4-2-3-5-11-17/h6-8H,2-5,9-12H2,1H3,(H,15,16). The zero-order chi connectivity index (χ0) is 12.6. The van der Waals surface area contributed by atoms with E-state index in [0.29, 0.717) is 0 Å². The fraction of sp³-hybridized carbons (Fsp3) is 0.643. The first-order valence-electron chi connectivity index (χ1n) is 6.85. The lowest BCUT2D eigenvalue weighted by Crippen LogP contribution is -2.30. The normalized spacial score (nSPS) is 17.2. The summed E-state index contributed by atoms with van der Waals surface area (Å²) in [6.07, 6.45) is 7.24. The number of likely N-dealkylation sites (tertiary alicyclic amines) is 1. The van der Waals surface area contributed by atoms with Gasteiger partial charge in [0, 0.05) is 19.3 Å². The fourth-order valence-electron chi connectivity index (χ4n) is 2.38. The van der Waals surface area contributed by atoms with Gasteiger partial charge in [-0.25, -0.2) is 4.98 Å². The first-order valence-corrected chi connectivity index (χ1v) is 6.85. The molecule has 0 saturated carbocycles. The van der Waals surface area contributed by atoms with Gasteiger partial charge in [0.1, 0.15) is 0 Å². The van der Waals surface area contributed by atoms with E-state index in [2.05, 4.69) is 15.2 Å². The van der Waals surface area contributed by atoms with E-state index in [9.17, 15) is 0 Å². The topological polar surface area (TPSA) is 37.4 Å².